The molecule has 2 aromatic rings. The molecule has 0 bridgehead atoms. The topological polar surface area (TPSA) is 85.8 Å². The van der Waals surface area contributed by atoms with Crippen LogP contribution >= 0.6 is 15.9 Å². The molecule has 0 aliphatic heterocycles. The monoisotopic (exact) mass is 365 g/mol. The number of carbonyl (C=O) groups excluding carboxylic acids is 1. The third kappa shape index (κ3) is 4.92. The zero-order valence-electron chi connectivity index (χ0n) is 12.7. The Labute approximate surface area is 138 Å². The zero-order chi connectivity index (χ0) is 16.1. The summed E-state index contributed by atoms with van der Waals surface area (Å²) in [7, 11) is 0. The van der Waals surface area contributed by atoms with E-state index in [9.17, 15) is 4.79 Å². The van der Waals surface area contributed by atoms with E-state index in [4.69, 9.17) is 5.73 Å². The molecule has 2 rings (SSSR count). The van der Waals surface area contributed by atoms with E-state index in [0.29, 0.717) is 18.9 Å². The fourth-order valence-corrected chi connectivity index (χ4v) is 2.51. The number of nitrogens with zero attached hydrogens (tertiary/aromatic N) is 3. The van der Waals surface area contributed by atoms with Crippen molar-refractivity contribution in [3.63, 3.8) is 0 Å². The molecule has 22 heavy (non-hydrogen) atoms. The highest BCUT2D eigenvalue weighted by Gasteiger charge is 2.16. The van der Waals surface area contributed by atoms with Gasteiger partial charge in [-0.1, -0.05) is 41.9 Å². The normalized spacial score (nSPS) is 12.4. The van der Waals surface area contributed by atoms with Crippen LogP contribution in [0.5, 0.6) is 0 Å². The van der Waals surface area contributed by atoms with Gasteiger partial charge in [-0.05, 0) is 30.0 Å². The Morgan fingerprint density at radius 3 is 2.91 bits per heavy atom. The molecule has 6 nitrogen and oxygen atoms in total. The minimum absolute atomic E-state index is 0.256. The van der Waals surface area contributed by atoms with Crippen LogP contribution in [0.15, 0.2) is 35.1 Å². The summed E-state index contributed by atoms with van der Waals surface area (Å²) in [5.41, 5.74) is 6.92. The SMILES string of the molecule is CC(C)C[C@H](N)C(=O)Nc1ncn(Cc2cccc(Br)c2)n1. The molecule has 0 unspecified atom stereocenters. The molecular formula is C15H20BrN5O. The van der Waals surface area contributed by atoms with Gasteiger partial charge in [-0.15, -0.1) is 5.10 Å². The maximum absolute atomic E-state index is 11.9. The highest BCUT2D eigenvalue weighted by Crippen LogP contribution is 2.13. The summed E-state index contributed by atoms with van der Waals surface area (Å²) in [5.74, 6) is 0.385. The van der Waals surface area contributed by atoms with E-state index in [2.05, 4.69) is 31.3 Å². The lowest BCUT2D eigenvalue weighted by Crippen LogP contribution is -2.37. The molecular weight excluding hydrogens is 346 g/mol. The molecule has 1 heterocycles. The van der Waals surface area contributed by atoms with Gasteiger partial charge in [0.15, 0.2) is 0 Å². The van der Waals surface area contributed by atoms with Crippen LogP contribution in [0.2, 0.25) is 0 Å². The van der Waals surface area contributed by atoms with Crippen LogP contribution in [0.1, 0.15) is 25.8 Å². The first-order valence-corrected chi connectivity index (χ1v) is 7.93. The maximum Gasteiger partial charge on any atom is 0.248 e. The summed E-state index contributed by atoms with van der Waals surface area (Å²) in [5, 5.41) is 6.89. The van der Waals surface area contributed by atoms with Crippen molar-refractivity contribution in [1.29, 1.82) is 0 Å². The molecule has 0 saturated heterocycles. The predicted molar refractivity (Wildman–Crippen MR) is 89.3 cm³/mol. The van der Waals surface area contributed by atoms with Crippen molar-refractivity contribution in [1.82, 2.24) is 14.8 Å². The standard InChI is InChI=1S/C15H20BrN5O/c1-10(2)6-13(17)14(22)19-15-18-9-21(20-15)8-11-4-3-5-12(16)7-11/h3-5,7,9-10,13H,6,8,17H2,1-2H3,(H,19,20,22)/t13-/m0/s1. The quantitative estimate of drug-likeness (QED) is 0.822. The number of amides is 1. The van der Waals surface area contributed by atoms with Gasteiger partial charge in [0.05, 0.1) is 12.6 Å². The van der Waals surface area contributed by atoms with Crippen molar-refractivity contribution < 1.29 is 4.79 Å². The second kappa shape index (κ2) is 7.51. The van der Waals surface area contributed by atoms with Crippen LogP contribution in [0, 0.1) is 5.92 Å². The van der Waals surface area contributed by atoms with Gasteiger partial charge in [0.1, 0.15) is 6.33 Å². The summed E-state index contributed by atoms with van der Waals surface area (Å²) >= 11 is 3.43. The molecule has 0 fully saturated rings. The smallest absolute Gasteiger partial charge is 0.248 e. The zero-order valence-corrected chi connectivity index (χ0v) is 14.2. The minimum Gasteiger partial charge on any atom is -0.320 e. The largest absolute Gasteiger partial charge is 0.320 e. The molecule has 118 valence electrons. The second-order valence-corrected chi connectivity index (χ2v) is 6.54. The Morgan fingerprint density at radius 1 is 1.45 bits per heavy atom. The first-order chi connectivity index (χ1) is 10.4. The lowest BCUT2D eigenvalue weighted by Gasteiger charge is -2.12. The van der Waals surface area contributed by atoms with E-state index >= 15 is 0 Å². The van der Waals surface area contributed by atoms with Gasteiger partial charge in [-0.2, -0.15) is 0 Å². The van der Waals surface area contributed by atoms with Crippen molar-refractivity contribution in [2.45, 2.75) is 32.9 Å². The average Bonchev–Trinajstić information content (AvgIpc) is 2.85. The van der Waals surface area contributed by atoms with Crippen LogP contribution in [0.3, 0.4) is 0 Å². The van der Waals surface area contributed by atoms with Crippen LogP contribution in [0.4, 0.5) is 5.95 Å². The van der Waals surface area contributed by atoms with Gasteiger partial charge in [0.2, 0.25) is 11.9 Å². The van der Waals surface area contributed by atoms with Gasteiger partial charge in [0.25, 0.3) is 0 Å². The Hall–Kier alpha value is -1.73. The van der Waals surface area contributed by atoms with Crippen molar-refractivity contribution in [3.8, 4) is 0 Å². The second-order valence-electron chi connectivity index (χ2n) is 5.62. The molecule has 7 heteroatoms. The van der Waals surface area contributed by atoms with E-state index in [-0.39, 0.29) is 11.9 Å². The molecule has 0 aliphatic carbocycles. The van der Waals surface area contributed by atoms with Gasteiger partial charge in [-0.25, -0.2) is 9.67 Å². The molecule has 3 N–H and O–H groups in total. The summed E-state index contributed by atoms with van der Waals surface area (Å²) in [4.78, 5) is 16.0. The molecule has 0 radical (unpaired) electrons. The Morgan fingerprint density at radius 2 is 2.23 bits per heavy atom. The van der Waals surface area contributed by atoms with E-state index in [1.807, 2.05) is 38.1 Å². The lowest BCUT2D eigenvalue weighted by atomic mass is 10.0. The summed E-state index contributed by atoms with van der Waals surface area (Å²) in [6.07, 6.45) is 2.22. The first-order valence-electron chi connectivity index (χ1n) is 7.14. The molecule has 1 atom stereocenters. The Balaban J connectivity index is 1.95. The Kier molecular flexibility index (Phi) is 5.68. The summed E-state index contributed by atoms with van der Waals surface area (Å²) in [6, 6.07) is 7.40. The van der Waals surface area contributed by atoms with Gasteiger partial charge in [-0.3, -0.25) is 10.1 Å². The van der Waals surface area contributed by atoms with E-state index < -0.39 is 6.04 Å². The average molecular weight is 366 g/mol. The van der Waals surface area contributed by atoms with Crippen molar-refractivity contribution >= 4 is 27.8 Å². The third-order valence-electron chi connectivity index (χ3n) is 3.07. The fourth-order valence-electron chi connectivity index (χ4n) is 2.07. The van der Waals surface area contributed by atoms with E-state index in [1.54, 1.807) is 11.0 Å². The number of nitrogens with one attached hydrogen (secondary N) is 1. The minimum atomic E-state index is -0.544. The van der Waals surface area contributed by atoms with Crippen LogP contribution in [-0.2, 0) is 11.3 Å². The molecule has 1 aromatic heterocycles. The molecule has 1 aromatic carbocycles. The van der Waals surface area contributed by atoms with Crippen molar-refractivity contribution in [2.24, 2.45) is 11.7 Å². The predicted octanol–water partition coefficient (Wildman–Crippen LogP) is 2.40. The van der Waals surface area contributed by atoms with Gasteiger partial charge >= 0.3 is 0 Å². The number of nitrogens with two attached hydrogens (primary N) is 1. The highest BCUT2D eigenvalue weighted by atomic mass is 79.9. The molecule has 0 aliphatic rings. The van der Waals surface area contributed by atoms with E-state index in [1.165, 1.54) is 0 Å². The maximum atomic E-state index is 11.9. The van der Waals surface area contributed by atoms with Crippen LogP contribution in [-0.4, -0.2) is 26.7 Å². The Bertz CT molecular complexity index is 640. The van der Waals surface area contributed by atoms with Gasteiger partial charge in [0, 0.05) is 4.47 Å². The number of rotatable bonds is 6. The summed E-state index contributed by atoms with van der Waals surface area (Å²) < 4.78 is 2.68. The fraction of sp³-hybridized carbons (Fsp3) is 0.400. The highest BCUT2D eigenvalue weighted by molar-refractivity contribution is 9.10. The molecule has 1 amide bonds. The van der Waals surface area contributed by atoms with Gasteiger partial charge < -0.3 is 5.73 Å². The number of aromatic nitrogens is 3. The van der Waals surface area contributed by atoms with Crippen LogP contribution in [0.25, 0.3) is 0 Å². The first kappa shape index (κ1) is 16.6. The van der Waals surface area contributed by atoms with E-state index in [0.717, 1.165) is 10.0 Å². The number of anilines is 1. The number of benzene rings is 1. The molecule has 0 saturated carbocycles. The number of halogens is 1. The van der Waals surface area contributed by atoms with Crippen molar-refractivity contribution in [2.75, 3.05) is 5.32 Å². The third-order valence-corrected chi connectivity index (χ3v) is 3.56. The number of hydrogen-bond donors (Lipinski definition) is 2. The lowest BCUT2D eigenvalue weighted by molar-refractivity contribution is -0.117. The number of carbonyl (C=O) groups is 1. The summed E-state index contributed by atoms with van der Waals surface area (Å²) in [6.45, 7) is 4.64. The molecule has 0 spiro atoms. The van der Waals surface area contributed by atoms with Crippen molar-refractivity contribution in [3.05, 3.63) is 40.6 Å². The number of hydrogen-bond acceptors (Lipinski definition) is 4. The van der Waals surface area contributed by atoms with Crippen LogP contribution < -0.4 is 11.1 Å².